The van der Waals surface area contributed by atoms with E-state index in [1.165, 1.54) is 0 Å². The Bertz CT molecular complexity index is 797. The van der Waals surface area contributed by atoms with Crippen LogP contribution >= 0.6 is 0 Å². The summed E-state index contributed by atoms with van der Waals surface area (Å²) in [6.07, 6.45) is -1.73. The van der Waals surface area contributed by atoms with E-state index in [9.17, 15) is 27.9 Å². The first-order valence-electron chi connectivity index (χ1n) is 9.94. The van der Waals surface area contributed by atoms with Crippen molar-refractivity contribution in [3.8, 4) is 0 Å². The van der Waals surface area contributed by atoms with Crippen molar-refractivity contribution >= 4 is 11.8 Å². The van der Waals surface area contributed by atoms with Gasteiger partial charge in [-0.25, -0.2) is 5.43 Å². The molecule has 1 aromatic heterocycles. The van der Waals surface area contributed by atoms with Crippen LogP contribution in [0.5, 0.6) is 0 Å². The lowest BCUT2D eigenvalue weighted by Crippen LogP contribution is -2.60. The highest BCUT2D eigenvalue weighted by molar-refractivity contribution is 5.92. The molecule has 166 valence electrons. The van der Waals surface area contributed by atoms with Gasteiger partial charge in [0.25, 0.3) is 5.91 Å². The third-order valence-electron chi connectivity index (χ3n) is 6.30. The molecule has 3 atom stereocenters. The molecular weight excluding hydrogens is 407 g/mol. The number of aliphatic hydroxyl groups is 1. The second kappa shape index (κ2) is 7.82. The van der Waals surface area contributed by atoms with Crippen LogP contribution in [0.4, 0.5) is 13.2 Å². The quantitative estimate of drug-likeness (QED) is 0.285. The third-order valence-corrected chi connectivity index (χ3v) is 6.30. The van der Waals surface area contributed by atoms with Crippen molar-refractivity contribution in [1.29, 1.82) is 0 Å². The standard InChI is InChI=1S/C18H24F3N5O4/c19-18(20,21)13-3-11(26-30-13)15(28)24-12(7-17-4-9(5-17)6-17)16(29)25-23-8-10-1-2-22-14(10)27/h3,9-10,12,16,23,25,29H,1-2,4-8H2,(H,22,27)(H,24,28)/t9?,10-,12-,16?,17?/m0/s1. The smallest absolute Gasteiger partial charge is 0.375 e. The molecule has 4 aliphatic rings. The molecule has 30 heavy (non-hydrogen) atoms. The number of nitrogens with one attached hydrogen (secondary N) is 4. The summed E-state index contributed by atoms with van der Waals surface area (Å²) in [5.74, 6) is -1.81. The Morgan fingerprint density at radius 1 is 1.40 bits per heavy atom. The van der Waals surface area contributed by atoms with Crippen LogP contribution < -0.4 is 21.5 Å². The zero-order valence-electron chi connectivity index (χ0n) is 16.1. The van der Waals surface area contributed by atoms with Crippen LogP contribution in [0, 0.1) is 17.3 Å². The highest BCUT2D eigenvalue weighted by Gasteiger charge is 2.57. The summed E-state index contributed by atoms with van der Waals surface area (Å²) in [7, 11) is 0. The van der Waals surface area contributed by atoms with E-state index in [0.29, 0.717) is 37.9 Å². The minimum Gasteiger partial charge on any atom is -0.375 e. The fourth-order valence-electron chi connectivity index (χ4n) is 4.60. The maximum absolute atomic E-state index is 12.7. The normalized spacial score (nSPS) is 29.5. The lowest BCUT2D eigenvalue weighted by molar-refractivity contribution is -0.155. The number of nitrogens with zero attached hydrogens (tertiary/aromatic N) is 1. The molecule has 0 aromatic carbocycles. The third kappa shape index (κ3) is 4.30. The number of aromatic nitrogens is 1. The van der Waals surface area contributed by atoms with E-state index in [1.807, 2.05) is 0 Å². The highest BCUT2D eigenvalue weighted by atomic mass is 19.4. The minimum absolute atomic E-state index is 0.0531. The molecule has 1 aliphatic heterocycles. The molecule has 5 rings (SSSR count). The number of aliphatic hydroxyl groups excluding tert-OH is 1. The van der Waals surface area contributed by atoms with Crippen molar-refractivity contribution in [2.75, 3.05) is 13.1 Å². The predicted molar refractivity (Wildman–Crippen MR) is 95.4 cm³/mol. The SMILES string of the molecule is O=C(N[C@@H](CC12CC(C1)C2)C(O)NNC[C@@H]1CCNC1=O)c1cc(C(F)(F)F)on1. The van der Waals surface area contributed by atoms with Crippen LogP contribution in [0.2, 0.25) is 0 Å². The summed E-state index contributed by atoms with van der Waals surface area (Å²) in [4.78, 5) is 24.0. The molecular formula is C18H24F3N5O4. The molecule has 9 nitrogen and oxygen atoms in total. The van der Waals surface area contributed by atoms with E-state index >= 15 is 0 Å². The van der Waals surface area contributed by atoms with Crippen molar-refractivity contribution in [3.63, 3.8) is 0 Å². The first-order chi connectivity index (χ1) is 14.2. The number of rotatable bonds is 9. The summed E-state index contributed by atoms with van der Waals surface area (Å²) in [5.41, 5.74) is 5.05. The van der Waals surface area contributed by atoms with Crippen LogP contribution in [-0.4, -0.2) is 47.4 Å². The maximum Gasteiger partial charge on any atom is 0.452 e. The van der Waals surface area contributed by atoms with Gasteiger partial charge < -0.3 is 20.3 Å². The van der Waals surface area contributed by atoms with Gasteiger partial charge in [0.2, 0.25) is 11.7 Å². The van der Waals surface area contributed by atoms with E-state index in [1.54, 1.807) is 0 Å². The molecule has 0 spiro atoms. The molecule has 1 aromatic rings. The number of hydrogen-bond donors (Lipinski definition) is 5. The number of halogens is 3. The van der Waals surface area contributed by atoms with Gasteiger partial charge in [0.05, 0.1) is 12.0 Å². The van der Waals surface area contributed by atoms with E-state index in [4.69, 9.17) is 0 Å². The zero-order valence-corrected chi connectivity index (χ0v) is 16.1. The van der Waals surface area contributed by atoms with Gasteiger partial charge in [0.1, 0.15) is 6.23 Å². The lowest BCUT2D eigenvalue weighted by atomic mass is 9.43. The monoisotopic (exact) mass is 431 g/mol. The molecule has 3 saturated carbocycles. The number of amides is 2. The Hall–Kier alpha value is -2.18. The average molecular weight is 431 g/mol. The van der Waals surface area contributed by atoms with E-state index in [-0.39, 0.29) is 17.2 Å². The lowest BCUT2D eigenvalue weighted by Gasteiger charge is -2.63. The molecule has 12 heteroatoms. The molecule has 0 radical (unpaired) electrons. The van der Waals surface area contributed by atoms with Gasteiger partial charge in [-0.05, 0) is 43.4 Å². The Labute approximate surface area is 170 Å². The van der Waals surface area contributed by atoms with Crippen LogP contribution in [0.1, 0.15) is 48.4 Å². The van der Waals surface area contributed by atoms with Gasteiger partial charge in [0, 0.05) is 19.2 Å². The van der Waals surface area contributed by atoms with Gasteiger partial charge in [0.15, 0.2) is 5.69 Å². The Morgan fingerprint density at radius 2 is 2.13 bits per heavy atom. The first-order valence-corrected chi connectivity index (χ1v) is 9.94. The zero-order chi connectivity index (χ0) is 21.5. The maximum atomic E-state index is 12.7. The van der Waals surface area contributed by atoms with E-state index < -0.39 is 35.8 Å². The number of carbonyl (C=O) groups is 2. The van der Waals surface area contributed by atoms with Crippen molar-refractivity contribution in [3.05, 3.63) is 17.5 Å². The number of carbonyl (C=O) groups excluding carboxylic acids is 2. The Kier molecular flexibility index (Phi) is 5.49. The number of alkyl halides is 3. The Balaban J connectivity index is 1.35. The van der Waals surface area contributed by atoms with Crippen LogP contribution in [0.25, 0.3) is 0 Å². The second-order valence-corrected chi connectivity index (χ2v) is 8.58. The average Bonchev–Trinajstić information content (AvgIpc) is 3.25. The van der Waals surface area contributed by atoms with Crippen LogP contribution in [0.3, 0.4) is 0 Å². The van der Waals surface area contributed by atoms with Gasteiger partial charge in [-0.1, -0.05) is 5.16 Å². The van der Waals surface area contributed by atoms with E-state index in [2.05, 4.69) is 31.2 Å². The minimum atomic E-state index is -4.74. The van der Waals surface area contributed by atoms with Gasteiger partial charge in [-0.2, -0.15) is 13.2 Å². The molecule has 3 aliphatic carbocycles. The molecule has 5 N–H and O–H groups in total. The Morgan fingerprint density at radius 3 is 2.67 bits per heavy atom. The van der Waals surface area contributed by atoms with Crippen LogP contribution in [0.15, 0.2) is 10.6 Å². The van der Waals surface area contributed by atoms with Crippen molar-refractivity contribution in [2.45, 2.75) is 50.6 Å². The van der Waals surface area contributed by atoms with E-state index in [0.717, 1.165) is 19.3 Å². The van der Waals surface area contributed by atoms with Crippen molar-refractivity contribution in [2.24, 2.45) is 17.3 Å². The molecule has 2 bridgehead atoms. The second-order valence-electron chi connectivity index (χ2n) is 8.58. The van der Waals surface area contributed by atoms with Crippen LogP contribution in [-0.2, 0) is 11.0 Å². The predicted octanol–water partition coefficient (Wildman–Crippen LogP) is 0.531. The summed E-state index contributed by atoms with van der Waals surface area (Å²) in [6, 6.07) is -0.223. The highest BCUT2D eigenvalue weighted by Crippen LogP contribution is 2.66. The molecule has 1 saturated heterocycles. The molecule has 2 heterocycles. The van der Waals surface area contributed by atoms with Gasteiger partial charge in [-0.3, -0.25) is 15.0 Å². The fraction of sp³-hybridized carbons (Fsp3) is 0.722. The summed E-state index contributed by atoms with van der Waals surface area (Å²) in [6.45, 7) is 0.905. The molecule has 2 amide bonds. The van der Waals surface area contributed by atoms with Crippen molar-refractivity contribution in [1.82, 2.24) is 26.6 Å². The first kappa shape index (κ1) is 21.1. The number of hydrogen-bond acceptors (Lipinski definition) is 7. The largest absolute Gasteiger partial charge is 0.452 e. The molecule has 4 fully saturated rings. The van der Waals surface area contributed by atoms with Gasteiger partial charge in [-0.15, -0.1) is 0 Å². The summed E-state index contributed by atoms with van der Waals surface area (Å²) < 4.78 is 42.2. The van der Waals surface area contributed by atoms with Crippen molar-refractivity contribution < 1.29 is 32.4 Å². The van der Waals surface area contributed by atoms with Gasteiger partial charge >= 0.3 is 6.18 Å². The fourth-order valence-corrected chi connectivity index (χ4v) is 4.60. The molecule has 1 unspecified atom stereocenters. The topological polar surface area (TPSA) is 129 Å². The summed E-state index contributed by atoms with van der Waals surface area (Å²) >= 11 is 0. The number of hydrazine groups is 1. The summed E-state index contributed by atoms with van der Waals surface area (Å²) in [5, 5.41) is 19.0.